The first-order valence-corrected chi connectivity index (χ1v) is 19.5. The van der Waals surface area contributed by atoms with Gasteiger partial charge in [-0.2, -0.15) is 0 Å². The number of methoxy groups -OCH3 is 1. The van der Waals surface area contributed by atoms with E-state index >= 15 is 0 Å². The fourth-order valence-corrected chi connectivity index (χ4v) is 7.96. The molecule has 2 aromatic carbocycles. The summed E-state index contributed by atoms with van der Waals surface area (Å²) in [5.74, 6) is 0.989. The van der Waals surface area contributed by atoms with Gasteiger partial charge in [-0.05, 0) is 77.3 Å². The van der Waals surface area contributed by atoms with Crippen molar-refractivity contribution in [3.8, 4) is 5.75 Å². The number of carbonyl (C=O) groups is 2. The maximum atomic E-state index is 14.3. The highest BCUT2D eigenvalue weighted by Crippen LogP contribution is 2.39. The van der Waals surface area contributed by atoms with Gasteiger partial charge in [0.05, 0.1) is 30.0 Å². The summed E-state index contributed by atoms with van der Waals surface area (Å²) in [6.45, 7) is 10.1. The molecule has 10 nitrogen and oxygen atoms in total. The Morgan fingerprint density at radius 1 is 0.980 bits per heavy atom. The summed E-state index contributed by atoms with van der Waals surface area (Å²) in [6, 6.07) is 14.7. The molecular formula is C38H58N4O6S. The van der Waals surface area contributed by atoms with E-state index in [1.54, 1.807) is 7.11 Å². The molecule has 1 saturated heterocycles. The molecule has 2 aliphatic rings. The average molecular weight is 699 g/mol. The lowest BCUT2D eigenvalue weighted by Crippen LogP contribution is -2.63. The second-order valence-corrected chi connectivity index (χ2v) is 18.2. The van der Waals surface area contributed by atoms with Gasteiger partial charge in [-0.15, -0.1) is 0 Å². The highest BCUT2D eigenvalue weighted by Gasteiger charge is 2.45. The van der Waals surface area contributed by atoms with E-state index in [2.05, 4.69) is 20.9 Å². The summed E-state index contributed by atoms with van der Waals surface area (Å²) in [5, 5.41) is 21.4. The molecule has 4 N–H and O–H groups in total. The molecule has 1 heterocycles. The number of hydrogen-bond donors (Lipinski definition) is 4. The van der Waals surface area contributed by atoms with Crippen molar-refractivity contribution in [2.24, 2.45) is 11.8 Å². The van der Waals surface area contributed by atoms with Crippen LogP contribution >= 0.6 is 0 Å². The van der Waals surface area contributed by atoms with Crippen LogP contribution < -0.4 is 20.7 Å². The third-order valence-corrected chi connectivity index (χ3v) is 12.6. The zero-order chi connectivity index (χ0) is 36.0. The monoisotopic (exact) mass is 698 g/mol. The summed E-state index contributed by atoms with van der Waals surface area (Å²) >= 11 is 0. The van der Waals surface area contributed by atoms with Gasteiger partial charge in [-0.25, -0.2) is 8.42 Å². The number of para-hydroxylation sites is 1. The van der Waals surface area contributed by atoms with Gasteiger partial charge in [0.15, 0.2) is 9.84 Å². The smallest absolute Gasteiger partial charge is 0.239 e. The van der Waals surface area contributed by atoms with Gasteiger partial charge in [0.1, 0.15) is 11.8 Å². The van der Waals surface area contributed by atoms with Crippen LogP contribution in [-0.4, -0.2) is 91.2 Å². The zero-order valence-electron chi connectivity index (χ0n) is 30.4. The molecule has 11 heteroatoms. The Balaban J connectivity index is 1.62. The molecule has 2 aromatic rings. The van der Waals surface area contributed by atoms with Crippen LogP contribution in [0.3, 0.4) is 0 Å². The fourth-order valence-electron chi connectivity index (χ4n) is 7.34. The first-order chi connectivity index (χ1) is 23.0. The number of nitrogens with zero attached hydrogens (tertiary/aromatic N) is 1. The minimum atomic E-state index is -3.72. The quantitative estimate of drug-likeness (QED) is 0.234. The van der Waals surface area contributed by atoms with Crippen molar-refractivity contribution in [3.05, 3.63) is 65.7 Å². The van der Waals surface area contributed by atoms with Gasteiger partial charge < -0.3 is 25.8 Å². The molecule has 4 rings (SSSR count). The zero-order valence-corrected chi connectivity index (χ0v) is 31.2. The number of rotatable bonds is 14. The Bertz CT molecular complexity index is 1510. The minimum absolute atomic E-state index is 0.0390. The number of amides is 2. The SMILES string of the molecule is COc1ccccc1CN[C@H](C(=O)NC(Cc1ccccc1)C(O)CN1C[C@H]2CCCC[C@H]2CC1C(=O)NC(C)(C)C)C(C)(C)S(C)(=O)=O. The topological polar surface area (TPSA) is 137 Å². The van der Waals surface area contributed by atoms with Crippen molar-refractivity contribution >= 4 is 21.7 Å². The number of fused-ring (bicyclic) bond motifs is 1. The minimum Gasteiger partial charge on any atom is -0.496 e. The molecule has 272 valence electrons. The van der Waals surface area contributed by atoms with Gasteiger partial charge >= 0.3 is 0 Å². The second kappa shape index (κ2) is 16.4. The lowest BCUT2D eigenvalue weighted by molar-refractivity contribution is -0.133. The van der Waals surface area contributed by atoms with E-state index in [1.165, 1.54) is 26.7 Å². The van der Waals surface area contributed by atoms with Crippen LogP contribution in [0.4, 0.5) is 0 Å². The van der Waals surface area contributed by atoms with E-state index in [9.17, 15) is 23.1 Å². The van der Waals surface area contributed by atoms with Crippen LogP contribution in [0.5, 0.6) is 5.75 Å². The number of aliphatic hydroxyl groups is 1. The van der Waals surface area contributed by atoms with Crippen LogP contribution in [-0.2, 0) is 32.4 Å². The number of nitrogens with one attached hydrogen (secondary N) is 3. The molecule has 0 aromatic heterocycles. The largest absolute Gasteiger partial charge is 0.496 e. The molecule has 1 saturated carbocycles. The first kappa shape index (κ1) is 38.8. The van der Waals surface area contributed by atoms with Gasteiger partial charge in [0.25, 0.3) is 0 Å². The van der Waals surface area contributed by atoms with Gasteiger partial charge in [0, 0.05) is 37.0 Å². The van der Waals surface area contributed by atoms with Gasteiger partial charge in [0.2, 0.25) is 11.8 Å². The number of hydrogen-bond acceptors (Lipinski definition) is 8. The number of likely N-dealkylation sites (tertiary alicyclic amines) is 1. The van der Waals surface area contributed by atoms with E-state index in [0.29, 0.717) is 30.6 Å². The fraction of sp³-hybridized carbons (Fsp3) is 0.632. The second-order valence-electron chi connectivity index (χ2n) is 15.6. The first-order valence-electron chi connectivity index (χ1n) is 17.6. The van der Waals surface area contributed by atoms with E-state index in [0.717, 1.165) is 36.6 Å². The number of piperidine rings is 1. The highest BCUT2D eigenvalue weighted by molar-refractivity contribution is 7.92. The molecule has 2 fully saturated rings. The Kier molecular flexibility index (Phi) is 13.0. The summed E-state index contributed by atoms with van der Waals surface area (Å²) in [6.07, 6.45) is 5.73. The maximum absolute atomic E-state index is 14.3. The predicted molar refractivity (Wildman–Crippen MR) is 194 cm³/mol. The Morgan fingerprint density at radius 2 is 1.61 bits per heavy atom. The average Bonchev–Trinajstić information content (AvgIpc) is 3.03. The lowest BCUT2D eigenvalue weighted by Gasteiger charge is -2.47. The number of benzene rings is 2. The molecule has 0 spiro atoms. The molecule has 6 atom stereocenters. The van der Waals surface area contributed by atoms with Crippen molar-refractivity contribution in [3.63, 3.8) is 0 Å². The van der Waals surface area contributed by atoms with Crippen molar-refractivity contribution in [1.82, 2.24) is 20.9 Å². The summed E-state index contributed by atoms with van der Waals surface area (Å²) in [5.41, 5.74) is 1.30. The molecule has 1 aliphatic heterocycles. The van der Waals surface area contributed by atoms with Crippen LogP contribution in [0.2, 0.25) is 0 Å². The van der Waals surface area contributed by atoms with Crippen LogP contribution in [0, 0.1) is 11.8 Å². The summed E-state index contributed by atoms with van der Waals surface area (Å²) in [4.78, 5) is 30.0. The Morgan fingerprint density at radius 3 is 2.24 bits per heavy atom. The number of β-amino-alcohol motifs (C(OH)–C–C–N with tert-alkyl or cyclic N) is 1. The van der Waals surface area contributed by atoms with Crippen LogP contribution in [0.1, 0.15) is 77.8 Å². The van der Waals surface area contributed by atoms with Gasteiger partial charge in [-0.1, -0.05) is 67.8 Å². The third-order valence-electron chi connectivity index (χ3n) is 10.4. The summed E-state index contributed by atoms with van der Waals surface area (Å²) < 4.78 is 30.2. The summed E-state index contributed by atoms with van der Waals surface area (Å²) in [7, 11) is -2.15. The molecular weight excluding hydrogens is 641 g/mol. The lowest BCUT2D eigenvalue weighted by atomic mass is 9.72. The van der Waals surface area contributed by atoms with Crippen molar-refractivity contribution in [1.29, 1.82) is 0 Å². The predicted octanol–water partition coefficient (Wildman–Crippen LogP) is 3.86. The normalized spacial score (nSPS) is 22.3. The van der Waals surface area contributed by atoms with Crippen LogP contribution in [0.15, 0.2) is 54.6 Å². The number of sulfone groups is 1. The van der Waals surface area contributed by atoms with Crippen molar-refractivity contribution in [2.75, 3.05) is 26.5 Å². The van der Waals surface area contributed by atoms with Crippen LogP contribution in [0.25, 0.3) is 0 Å². The van der Waals surface area contributed by atoms with E-state index in [1.807, 2.05) is 75.4 Å². The molecule has 2 amide bonds. The number of aliphatic hydroxyl groups excluding tert-OH is 1. The molecule has 1 aliphatic carbocycles. The highest BCUT2D eigenvalue weighted by atomic mass is 32.2. The van der Waals surface area contributed by atoms with E-state index in [4.69, 9.17) is 4.74 Å². The van der Waals surface area contributed by atoms with E-state index in [-0.39, 0.29) is 25.0 Å². The maximum Gasteiger partial charge on any atom is 0.239 e. The Hall–Kier alpha value is -2.99. The molecule has 0 radical (unpaired) electrons. The number of carbonyl (C=O) groups excluding carboxylic acids is 2. The van der Waals surface area contributed by atoms with E-state index < -0.39 is 44.2 Å². The number of ether oxygens (including phenoxy) is 1. The third kappa shape index (κ3) is 10.3. The Labute approximate surface area is 293 Å². The van der Waals surface area contributed by atoms with Gasteiger partial charge in [-0.3, -0.25) is 14.5 Å². The van der Waals surface area contributed by atoms with Crippen molar-refractivity contribution in [2.45, 2.75) is 114 Å². The standard InChI is InChI=1S/C38H58N4O6S/c1-37(2,3)41-35(44)31-22-27-17-11-12-19-29(27)24-42(31)25-32(43)30(21-26-15-9-8-10-16-26)40-36(45)34(38(4,5)49(7,46)47)39-23-28-18-13-14-20-33(28)48-6/h8-10,13-16,18,20,27,29-32,34,39,43H,11-12,17,19,21-25H2,1-7H3,(H,40,45)(H,41,44)/t27-,29+,30?,31?,32?,34+/m0/s1. The molecule has 0 bridgehead atoms. The molecule has 3 unspecified atom stereocenters. The van der Waals surface area contributed by atoms with Crippen molar-refractivity contribution < 1.29 is 27.9 Å². The molecule has 49 heavy (non-hydrogen) atoms.